The van der Waals surface area contributed by atoms with Crippen molar-refractivity contribution >= 4 is 11.6 Å². The van der Waals surface area contributed by atoms with Crippen molar-refractivity contribution in [1.82, 2.24) is 0 Å². The molecule has 3 nitrogen and oxygen atoms in total. The Bertz CT molecular complexity index is 464. The summed E-state index contributed by atoms with van der Waals surface area (Å²) in [6.07, 6.45) is 3.16. The van der Waals surface area contributed by atoms with Crippen LogP contribution in [0.15, 0.2) is 18.2 Å². The summed E-state index contributed by atoms with van der Waals surface area (Å²) < 4.78 is 0. The quantitative estimate of drug-likeness (QED) is 0.858. The Kier molecular flexibility index (Phi) is 3.44. The largest absolute Gasteiger partial charge is 0.328 e. The van der Waals surface area contributed by atoms with Crippen molar-refractivity contribution in [2.45, 2.75) is 51.5 Å². The minimum absolute atomic E-state index is 0.0882. The van der Waals surface area contributed by atoms with E-state index < -0.39 is 5.41 Å². The molecule has 0 spiro atoms. The molecule has 0 bridgehead atoms. The highest BCUT2D eigenvalue weighted by atomic mass is 16.2. The molecule has 1 amide bonds. The minimum atomic E-state index is -0.410. The number of rotatable bonds is 4. The molecule has 1 atom stereocenters. The van der Waals surface area contributed by atoms with Gasteiger partial charge in [-0.15, -0.1) is 0 Å². The molecule has 1 heterocycles. The van der Waals surface area contributed by atoms with E-state index in [9.17, 15) is 4.79 Å². The fourth-order valence-corrected chi connectivity index (χ4v) is 2.40. The Hall–Kier alpha value is -1.35. The van der Waals surface area contributed by atoms with Gasteiger partial charge in [0.15, 0.2) is 0 Å². The van der Waals surface area contributed by atoms with Crippen LogP contribution in [-0.2, 0) is 16.6 Å². The second kappa shape index (κ2) is 4.73. The number of hydrogen-bond acceptors (Lipinski definition) is 2. The van der Waals surface area contributed by atoms with E-state index in [1.807, 2.05) is 26.8 Å². The van der Waals surface area contributed by atoms with Crippen LogP contribution in [-0.4, -0.2) is 11.9 Å². The van der Waals surface area contributed by atoms with Crippen LogP contribution in [0.4, 0.5) is 5.69 Å². The van der Waals surface area contributed by atoms with E-state index >= 15 is 0 Å². The Morgan fingerprint density at radius 1 is 1.39 bits per heavy atom. The molecule has 3 N–H and O–H groups in total. The van der Waals surface area contributed by atoms with E-state index in [0.717, 1.165) is 30.5 Å². The number of nitrogens with two attached hydrogens (primary N) is 1. The first-order chi connectivity index (χ1) is 8.41. The zero-order chi connectivity index (χ0) is 13.3. The third kappa shape index (κ3) is 2.41. The lowest BCUT2D eigenvalue weighted by molar-refractivity contribution is -0.119. The summed E-state index contributed by atoms with van der Waals surface area (Å²) in [5, 5.41) is 2.93. The Morgan fingerprint density at radius 2 is 2.11 bits per heavy atom. The fourth-order valence-electron chi connectivity index (χ4n) is 2.40. The average molecular weight is 246 g/mol. The van der Waals surface area contributed by atoms with Gasteiger partial charge in [-0.25, -0.2) is 0 Å². The Balaban J connectivity index is 2.13. The molecule has 0 fully saturated rings. The summed E-state index contributed by atoms with van der Waals surface area (Å²) in [5.41, 5.74) is 8.71. The SMILES string of the molecule is CC(N)CCCc1ccc2c(c1)C(C)(C)C(=O)N2. The molecular weight excluding hydrogens is 224 g/mol. The molecule has 1 unspecified atom stereocenters. The maximum atomic E-state index is 11.8. The van der Waals surface area contributed by atoms with Crippen LogP contribution in [0.2, 0.25) is 0 Å². The zero-order valence-corrected chi connectivity index (χ0v) is 11.4. The van der Waals surface area contributed by atoms with E-state index in [2.05, 4.69) is 17.4 Å². The minimum Gasteiger partial charge on any atom is -0.328 e. The smallest absolute Gasteiger partial charge is 0.234 e. The molecule has 1 aliphatic rings. The lowest BCUT2D eigenvalue weighted by atomic mass is 9.85. The second-order valence-electron chi connectivity index (χ2n) is 5.83. The summed E-state index contributed by atoms with van der Waals surface area (Å²) in [6, 6.07) is 6.54. The third-order valence-electron chi connectivity index (χ3n) is 3.70. The van der Waals surface area contributed by atoms with Crippen molar-refractivity contribution in [2.75, 3.05) is 5.32 Å². The van der Waals surface area contributed by atoms with E-state index in [1.54, 1.807) is 0 Å². The second-order valence-corrected chi connectivity index (χ2v) is 5.83. The average Bonchev–Trinajstić information content (AvgIpc) is 2.51. The number of aryl methyl sites for hydroxylation is 1. The molecule has 98 valence electrons. The molecule has 1 aromatic carbocycles. The van der Waals surface area contributed by atoms with Gasteiger partial charge in [0.25, 0.3) is 0 Å². The molecule has 0 saturated carbocycles. The van der Waals surface area contributed by atoms with Gasteiger partial charge in [-0.05, 0) is 57.2 Å². The first kappa shape index (κ1) is 13.1. The topological polar surface area (TPSA) is 55.1 Å². The summed E-state index contributed by atoms with van der Waals surface area (Å²) in [5.74, 6) is 0.0882. The standard InChI is InChI=1S/C15H22N2O/c1-10(16)5-4-6-11-7-8-13-12(9-11)15(2,3)14(18)17-13/h7-10H,4-6,16H2,1-3H3,(H,17,18). The van der Waals surface area contributed by atoms with Gasteiger partial charge in [-0.2, -0.15) is 0 Å². The molecule has 0 aromatic heterocycles. The predicted octanol–water partition coefficient (Wildman–Crippen LogP) is 2.59. The maximum Gasteiger partial charge on any atom is 0.234 e. The number of benzene rings is 1. The molecule has 0 radical (unpaired) electrons. The molecular formula is C15H22N2O. The summed E-state index contributed by atoms with van der Waals surface area (Å²) in [4.78, 5) is 11.8. The highest BCUT2D eigenvalue weighted by Gasteiger charge is 2.38. The number of carbonyl (C=O) groups is 1. The lowest BCUT2D eigenvalue weighted by Gasteiger charge is -2.16. The predicted molar refractivity (Wildman–Crippen MR) is 74.7 cm³/mol. The number of nitrogens with one attached hydrogen (secondary N) is 1. The summed E-state index contributed by atoms with van der Waals surface area (Å²) in [6.45, 7) is 5.98. The van der Waals surface area contributed by atoms with Crippen molar-refractivity contribution in [3.05, 3.63) is 29.3 Å². The van der Waals surface area contributed by atoms with Crippen molar-refractivity contribution in [1.29, 1.82) is 0 Å². The van der Waals surface area contributed by atoms with Gasteiger partial charge in [-0.3, -0.25) is 4.79 Å². The van der Waals surface area contributed by atoms with Gasteiger partial charge < -0.3 is 11.1 Å². The molecule has 18 heavy (non-hydrogen) atoms. The van der Waals surface area contributed by atoms with E-state index in [4.69, 9.17) is 5.73 Å². The number of anilines is 1. The summed E-state index contributed by atoms with van der Waals surface area (Å²) >= 11 is 0. The van der Waals surface area contributed by atoms with Gasteiger partial charge >= 0.3 is 0 Å². The first-order valence-corrected chi connectivity index (χ1v) is 6.61. The number of hydrogen-bond donors (Lipinski definition) is 2. The Morgan fingerprint density at radius 3 is 2.78 bits per heavy atom. The maximum absolute atomic E-state index is 11.8. The van der Waals surface area contributed by atoms with Gasteiger partial charge in [0.05, 0.1) is 5.41 Å². The van der Waals surface area contributed by atoms with Crippen LogP contribution < -0.4 is 11.1 Å². The van der Waals surface area contributed by atoms with Gasteiger partial charge in [-0.1, -0.05) is 12.1 Å². The fraction of sp³-hybridized carbons (Fsp3) is 0.533. The molecule has 1 aromatic rings. The molecule has 2 rings (SSSR count). The zero-order valence-electron chi connectivity index (χ0n) is 11.4. The van der Waals surface area contributed by atoms with Crippen molar-refractivity contribution in [2.24, 2.45) is 5.73 Å². The normalized spacial score (nSPS) is 18.3. The van der Waals surface area contributed by atoms with Crippen LogP contribution in [0.25, 0.3) is 0 Å². The number of fused-ring (bicyclic) bond motifs is 1. The van der Waals surface area contributed by atoms with E-state index in [-0.39, 0.29) is 11.9 Å². The van der Waals surface area contributed by atoms with Crippen molar-refractivity contribution in [3.8, 4) is 0 Å². The van der Waals surface area contributed by atoms with Gasteiger partial charge in [0.1, 0.15) is 0 Å². The van der Waals surface area contributed by atoms with Crippen LogP contribution >= 0.6 is 0 Å². The monoisotopic (exact) mass is 246 g/mol. The molecule has 1 aliphatic heterocycles. The van der Waals surface area contributed by atoms with Crippen LogP contribution in [0, 0.1) is 0 Å². The highest BCUT2D eigenvalue weighted by Crippen LogP contribution is 2.37. The number of carbonyl (C=O) groups excluding carboxylic acids is 1. The molecule has 3 heteroatoms. The third-order valence-corrected chi connectivity index (χ3v) is 3.70. The number of amides is 1. The molecule has 0 saturated heterocycles. The molecule has 0 aliphatic carbocycles. The van der Waals surface area contributed by atoms with Gasteiger partial charge in [0.2, 0.25) is 5.91 Å². The van der Waals surface area contributed by atoms with Crippen LogP contribution in [0.1, 0.15) is 44.7 Å². The Labute approximate surface area is 109 Å². The van der Waals surface area contributed by atoms with Gasteiger partial charge in [0, 0.05) is 11.7 Å². The summed E-state index contributed by atoms with van der Waals surface area (Å²) in [7, 11) is 0. The van der Waals surface area contributed by atoms with Crippen LogP contribution in [0.5, 0.6) is 0 Å². The van der Waals surface area contributed by atoms with E-state index in [1.165, 1.54) is 5.56 Å². The van der Waals surface area contributed by atoms with Crippen LogP contribution in [0.3, 0.4) is 0 Å². The van der Waals surface area contributed by atoms with E-state index in [0.29, 0.717) is 0 Å². The first-order valence-electron chi connectivity index (χ1n) is 6.61. The van der Waals surface area contributed by atoms with Crippen molar-refractivity contribution in [3.63, 3.8) is 0 Å². The lowest BCUT2D eigenvalue weighted by Crippen LogP contribution is -2.26. The highest BCUT2D eigenvalue weighted by molar-refractivity contribution is 6.05. The van der Waals surface area contributed by atoms with Crippen molar-refractivity contribution < 1.29 is 4.79 Å².